The van der Waals surface area contributed by atoms with Gasteiger partial charge in [-0.3, -0.25) is 9.13 Å². The summed E-state index contributed by atoms with van der Waals surface area (Å²) in [7, 11) is -6.74. The predicted octanol–water partition coefficient (Wildman–Crippen LogP) is 7.85. The van der Waals surface area contributed by atoms with E-state index in [9.17, 15) is 9.13 Å². The molecule has 0 aliphatic rings. The monoisotopic (exact) mass is 926 g/mol. The van der Waals surface area contributed by atoms with Crippen LogP contribution < -0.4 is 22.9 Å². The van der Waals surface area contributed by atoms with E-state index in [1.165, 1.54) is 0 Å². The SMILES string of the molecule is CC/C=C\CCCOP(=O)(CCN(CCCN)CCCN)OCCCOP(=O)(CCN(CCCN)CCCN)OCCC/C=C\CC.Cl.Cl.Cl.Cl.Cl.Cl. The Kier molecular flexibility index (Phi) is 64.3. The van der Waals surface area contributed by atoms with Crippen molar-refractivity contribution in [3.8, 4) is 0 Å². The molecule has 328 valence electrons. The van der Waals surface area contributed by atoms with E-state index in [2.05, 4.69) is 48.0 Å². The summed E-state index contributed by atoms with van der Waals surface area (Å²) in [5.41, 5.74) is 22.9. The fourth-order valence-corrected chi connectivity index (χ4v) is 7.99. The van der Waals surface area contributed by atoms with Gasteiger partial charge in [0.1, 0.15) is 0 Å². The molecular formula is C33H78Cl6N6O6P2. The molecule has 0 aromatic carbocycles. The van der Waals surface area contributed by atoms with Crippen LogP contribution in [0.4, 0.5) is 0 Å². The Bertz CT molecular complexity index is 799. The second-order valence-electron chi connectivity index (χ2n) is 11.7. The lowest BCUT2D eigenvalue weighted by molar-refractivity contribution is 0.166. The second-order valence-corrected chi connectivity index (χ2v) is 16.0. The molecule has 2 unspecified atom stereocenters. The molecule has 0 aromatic heterocycles. The lowest BCUT2D eigenvalue weighted by Gasteiger charge is -2.26. The highest BCUT2D eigenvalue weighted by atomic mass is 35.5. The minimum Gasteiger partial charge on any atom is -0.330 e. The third-order valence-electron chi connectivity index (χ3n) is 7.37. The molecule has 0 rings (SSSR count). The summed E-state index contributed by atoms with van der Waals surface area (Å²) in [5.74, 6) is 0. The normalized spacial score (nSPS) is 13.3. The van der Waals surface area contributed by atoms with Crippen molar-refractivity contribution >= 4 is 89.6 Å². The van der Waals surface area contributed by atoms with Crippen molar-refractivity contribution in [2.24, 2.45) is 22.9 Å². The van der Waals surface area contributed by atoms with Crippen molar-refractivity contribution in [1.29, 1.82) is 0 Å². The van der Waals surface area contributed by atoms with Crippen LogP contribution in [0.3, 0.4) is 0 Å². The molecule has 0 radical (unpaired) electrons. The van der Waals surface area contributed by atoms with Gasteiger partial charge in [0.2, 0.25) is 0 Å². The van der Waals surface area contributed by atoms with E-state index >= 15 is 0 Å². The fourth-order valence-electron chi connectivity index (χ4n) is 4.64. The summed E-state index contributed by atoms with van der Waals surface area (Å²) < 4.78 is 51.4. The van der Waals surface area contributed by atoms with E-state index in [0.29, 0.717) is 58.9 Å². The van der Waals surface area contributed by atoms with Gasteiger partial charge in [0.05, 0.1) is 38.8 Å². The summed E-state index contributed by atoms with van der Waals surface area (Å²) in [6, 6.07) is 0. The Morgan fingerprint density at radius 2 is 0.717 bits per heavy atom. The number of hydrogen-bond acceptors (Lipinski definition) is 12. The fraction of sp³-hybridized carbons (Fsp3) is 0.879. The van der Waals surface area contributed by atoms with Crippen LogP contribution in [-0.4, -0.2) is 114 Å². The molecule has 0 aromatic rings. The van der Waals surface area contributed by atoms with Crippen LogP contribution in [0.25, 0.3) is 0 Å². The summed E-state index contributed by atoms with van der Waals surface area (Å²) in [6.45, 7) is 12.0. The second kappa shape index (κ2) is 49.4. The van der Waals surface area contributed by atoms with E-state index < -0.39 is 15.2 Å². The average molecular weight is 930 g/mol. The van der Waals surface area contributed by atoms with E-state index in [4.69, 9.17) is 41.0 Å². The number of unbranched alkanes of at least 4 members (excludes halogenated alkanes) is 2. The quantitative estimate of drug-likeness (QED) is 0.0272. The largest absolute Gasteiger partial charge is 0.331 e. The van der Waals surface area contributed by atoms with E-state index in [-0.39, 0.29) is 100.0 Å². The van der Waals surface area contributed by atoms with E-state index in [1.807, 2.05) is 0 Å². The van der Waals surface area contributed by atoms with Gasteiger partial charge in [0.25, 0.3) is 0 Å². The molecule has 8 N–H and O–H groups in total. The molecule has 0 saturated carbocycles. The highest BCUT2D eigenvalue weighted by Crippen LogP contribution is 2.50. The van der Waals surface area contributed by atoms with Crippen LogP contribution >= 0.6 is 89.6 Å². The first-order chi connectivity index (χ1) is 22.8. The Morgan fingerprint density at radius 3 is 0.981 bits per heavy atom. The van der Waals surface area contributed by atoms with Crippen molar-refractivity contribution in [1.82, 2.24) is 9.80 Å². The van der Waals surface area contributed by atoms with Gasteiger partial charge in [-0.25, -0.2) is 0 Å². The predicted molar refractivity (Wildman–Crippen MR) is 242 cm³/mol. The van der Waals surface area contributed by atoms with E-state index in [1.54, 1.807) is 0 Å². The van der Waals surface area contributed by atoms with Crippen LogP contribution in [0.15, 0.2) is 24.3 Å². The van der Waals surface area contributed by atoms with Gasteiger partial charge >= 0.3 is 15.2 Å². The van der Waals surface area contributed by atoms with Crippen molar-refractivity contribution in [3.05, 3.63) is 24.3 Å². The highest BCUT2D eigenvalue weighted by molar-refractivity contribution is 7.54. The Balaban J connectivity index is -0.000000705. The Morgan fingerprint density at radius 1 is 0.434 bits per heavy atom. The van der Waals surface area contributed by atoms with Gasteiger partial charge in [-0.15, -0.1) is 74.4 Å². The first-order valence-electron chi connectivity index (χ1n) is 18.1. The zero-order chi connectivity index (χ0) is 34.9. The number of allylic oxidation sites excluding steroid dienone is 4. The molecule has 0 spiro atoms. The van der Waals surface area contributed by atoms with Crippen molar-refractivity contribution in [2.75, 3.05) is 104 Å². The lowest BCUT2D eigenvalue weighted by Crippen LogP contribution is -2.31. The van der Waals surface area contributed by atoms with Gasteiger partial charge in [0.15, 0.2) is 0 Å². The zero-order valence-electron chi connectivity index (χ0n) is 32.4. The van der Waals surface area contributed by atoms with Crippen molar-refractivity contribution in [3.63, 3.8) is 0 Å². The summed E-state index contributed by atoms with van der Waals surface area (Å²) in [4.78, 5) is 4.45. The highest BCUT2D eigenvalue weighted by Gasteiger charge is 2.28. The maximum atomic E-state index is 13.8. The first kappa shape index (κ1) is 68.9. The third-order valence-corrected chi connectivity index (χ3v) is 11.2. The number of hydrogen-bond donors (Lipinski definition) is 4. The number of halogens is 6. The summed E-state index contributed by atoms with van der Waals surface area (Å²) >= 11 is 0. The number of nitrogens with two attached hydrogens (primary N) is 4. The molecule has 0 aliphatic heterocycles. The van der Waals surface area contributed by atoms with Crippen LogP contribution in [-0.2, 0) is 27.2 Å². The van der Waals surface area contributed by atoms with Gasteiger partial charge < -0.3 is 50.8 Å². The molecule has 0 bridgehead atoms. The number of rotatable bonds is 36. The Labute approximate surface area is 360 Å². The maximum Gasteiger partial charge on any atom is 0.331 e. The zero-order valence-corrected chi connectivity index (χ0v) is 39.1. The van der Waals surface area contributed by atoms with Gasteiger partial charge in [-0.1, -0.05) is 38.2 Å². The molecular weight excluding hydrogens is 851 g/mol. The van der Waals surface area contributed by atoms with Crippen molar-refractivity contribution in [2.45, 2.75) is 84.5 Å². The molecule has 2 atom stereocenters. The summed E-state index contributed by atoms with van der Waals surface area (Å²) in [5, 5.41) is 0. The minimum absolute atomic E-state index is 0. The smallest absolute Gasteiger partial charge is 0.330 e. The van der Waals surface area contributed by atoms with Gasteiger partial charge in [0, 0.05) is 13.1 Å². The Hall–Kier alpha value is 1.28. The summed E-state index contributed by atoms with van der Waals surface area (Å²) in [6.07, 6.45) is 18.1. The molecule has 0 aliphatic carbocycles. The van der Waals surface area contributed by atoms with Gasteiger partial charge in [-0.2, -0.15) is 0 Å². The molecule has 0 saturated heterocycles. The third kappa shape index (κ3) is 42.7. The molecule has 0 heterocycles. The number of nitrogens with zero attached hydrogens (tertiary/aromatic N) is 2. The van der Waals surface area contributed by atoms with Crippen LogP contribution in [0, 0.1) is 0 Å². The molecule has 0 fully saturated rings. The van der Waals surface area contributed by atoms with Crippen LogP contribution in [0.5, 0.6) is 0 Å². The average Bonchev–Trinajstić information content (AvgIpc) is 3.07. The first-order valence-corrected chi connectivity index (χ1v) is 21.6. The maximum absolute atomic E-state index is 13.8. The molecule has 12 nitrogen and oxygen atoms in total. The lowest BCUT2D eigenvalue weighted by atomic mass is 10.3. The van der Waals surface area contributed by atoms with Crippen LogP contribution in [0.2, 0.25) is 0 Å². The molecule has 0 amide bonds. The minimum atomic E-state index is -3.37. The van der Waals surface area contributed by atoms with Crippen LogP contribution in [0.1, 0.15) is 84.5 Å². The van der Waals surface area contributed by atoms with Crippen molar-refractivity contribution < 1.29 is 27.2 Å². The standard InChI is InChI=1S/C33H72N6O6P2.6ClH/c1-3-5-7-9-11-28-42-46(40,32-26-38(22-13-18-34)23-14-19-35)44-30-17-31-45-47(41,43-29-12-10-8-6-4-2)33-27-39(24-15-20-36)25-16-21-37;;;;;;/h5-8H,3-4,9-37H2,1-2H3;6*1H/b7-5-,8-6-;;;;;;. The van der Waals surface area contributed by atoms with E-state index in [0.717, 1.165) is 90.4 Å². The van der Waals surface area contributed by atoms with Gasteiger partial charge in [-0.05, 0) is 123 Å². The molecule has 20 heteroatoms. The molecule has 53 heavy (non-hydrogen) atoms. The topological polar surface area (TPSA) is 182 Å².